The van der Waals surface area contributed by atoms with Crippen molar-refractivity contribution in [3.05, 3.63) is 23.8 Å². The van der Waals surface area contributed by atoms with Crippen LogP contribution in [0.1, 0.15) is 16.8 Å². The molecule has 0 amide bonds. The van der Waals surface area contributed by atoms with E-state index in [1.807, 2.05) is 12.1 Å². The van der Waals surface area contributed by atoms with Crippen LogP contribution in [0.3, 0.4) is 0 Å². The molecule has 104 valence electrons. The number of methoxy groups -OCH3 is 1. The molecule has 1 saturated heterocycles. The number of carbonyl (C=O) groups is 1. The van der Waals surface area contributed by atoms with Crippen LogP contribution in [0.5, 0.6) is 0 Å². The predicted octanol–water partition coefficient (Wildman–Crippen LogP) is 1.20. The molecule has 0 aromatic heterocycles. The minimum atomic E-state index is -0.386. The van der Waals surface area contributed by atoms with Crippen molar-refractivity contribution in [1.29, 1.82) is 0 Å². The molecule has 0 bridgehead atoms. The molecule has 0 radical (unpaired) electrons. The molecule has 2 N–H and O–H groups in total. The highest BCUT2D eigenvalue weighted by molar-refractivity contribution is 5.98. The molecule has 1 aromatic carbocycles. The van der Waals surface area contributed by atoms with Gasteiger partial charge in [-0.25, -0.2) is 4.79 Å². The summed E-state index contributed by atoms with van der Waals surface area (Å²) in [7, 11) is 5.54. The summed E-state index contributed by atoms with van der Waals surface area (Å²) in [5.41, 5.74) is 7.97. The third-order valence-electron chi connectivity index (χ3n) is 3.72. The van der Waals surface area contributed by atoms with Gasteiger partial charge in [0, 0.05) is 19.1 Å². The zero-order valence-electron chi connectivity index (χ0n) is 11.7. The van der Waals surface area contributed by atoms with Crippen LogP contribution in [0, 0.1) is 0 Å². The van der Waals surface area contributed by atoms with Gasteiger partial charge in [-0.05, 0) is 32.6 Å². The molecular weight excluding hydrogens is 242 g/mol. The fourth-order valence-electron chi connectivity index (χ4n) is 2.50. The molecule has 1 aliphatic heterocycles. The second-order valence-electron chi connectivity index (χ2n) is 5.08. The largest absolute Gasteiger partial charge is 0.465 e. The van der Waals surface area contributed by atoms with E-state index >= 15 is 0 Å². The molecule has 0 spiro atoms. The Kier molecular flexibility index (Phi) is 3.95. The average Bonchev–Trinajstić information content (AvgIpc) is 2.87. The maximum absolute atomic E-state index is 11.6. The standard InChI is InChI=1S/C14H21N3O2/c1-16(2)10-7-8-17(9-10)12-6-4-5-11(13(12)15)14(18)19-3/h4-6,10H,7-9,15H2,1-3H3. The fourth-order valence-corrected chi connectivity index (χ4v) is 2.50. The van der Waals surface area contributed by atoms with E-state index in [2.05, 4.69) is 23.9 Å². The molecule has 1 unspecified atom stereocenters. The normalized spacial score (nSPS) is 18.9. The zero-order valence-corrected chi connectivity index (χ0v) is 11.7. The van der Waals surface area contributed by atoms with Gasteiger partial charge in [0.2, 0.25) is 0 Å². The fraction of sp³-hybridized carbons (Fsp3) is 0.500. The lowest BCUT2D eigenvalue weighted by Gasteiger charge is -2.23. The first-order valence-electron chi connectivity index (χ1n) is 6.42. The highest BCUT2D eigenvalue weighted by Gasteiger charge is 2.26. The molecule has 0 aliphatic carbocycles. The number of para-hydroxylation sites is 1. The molecule has 19 heavy (non-hydrogen) atoms. The van der Waals surface area contributed by atoms with Gasteiger partial charge >= 0.3 is 5.97 Å². The van der Waals surface area contributed by atoms with Crippen molar-refractivity contribution in [2.45, 2.75) is 12.5 Å². The first kappa shape index (κ1) is 13.7. The second kappa shape index (κ2) is 5.48. The summed E-state index contributed by atoms with van der Waals surface area (Å²) in [4.78, 5) is 16.1. The van der Waals surface area contributed by atoms with Gasteiger partial charge in [0.05, 0.1) is 24.0 Å². The number of hydrogen-bond acceptors (Lipinski definition) is 5. The molecule has 0 saturated carbocycles. The second-order valence-corrected chi connectivity index (χ2v) is 5.08. The van der Waals surface area contributed by atoms with E-state index in [4.69, 9.17) is 10.5 Å². The Morgan fingerprint density at radius 1 is 1.47 bits per heavy atom. The number of nitrogens with two attached hydrogens (primary N) is 1. The van der Waals surface area contributed by atoms with Gasteiger partial charge in [-0.3, -0.25) is 0 Å². The predicted molar refractivity (Wildman–Crippen MR) is 76.5 cm³/mol. The van der Waals surface area contributed by atoms with Crippen molar-refractivity contribution in [2.75, 3.05) is 44.9 Å². The van der Waals surface area contributed by atoms with Gasteiger partial charge in [0.25, 0.3) is 0 Å². The minimum absolute atomic E-state index is 0.386. The maximum atomic E-state index is 11.6. The lowest BCUT2D eigenvalue weighted by molar-refractivity contribution is 0.0602. The van der Waals surface area contributed by atoms with Gasteiger partial charge < -0.3 is 20.3 Å². The van der Waals surface area contributed by atoms with E-state index < -0.39 is 0 Å². The smallest absolute Gasteiger partial charge is 0.340 e. The summed E-state index contributed by atoms with van der Waals surface area (Å²) in [6.07, 6.45) is 1.11. The van der Waals surface area contributed by atoms with Crippen molar-refractivity contribution in [1.82, 2.24) is 4.90 Å². The van der Waals surface area contributed by atoms with Gasteiger partial charge in [-0.2, -0.15) is 0 Å². The van der Waals surface area contributed by atoms with E-state index in [1.54, 1.807) is 6.07 Å². The number of nitrogen functional groups attached to an aromatic ring is 1. The van der Waals surface area contributed by atoms with Crippen LogP contribution in [-0.2, 0) is 4.74 Å². The zero-order chi connectivity index (χ0) is 14.0. The summed E-state index contributed by atoms with van der Waals surface area (Å²) < 4.78 is 4.75. The Bertz CT molecular complexity index is 474. The third-order valence-corrected chi connectivity index (χ3v) is 3.72. The van der Waals surface area contributed by atoms with Crippen LogP contribution in [0.2, 0.25) is 0 Å². The Morgan fingerprint density at radius 2 is 2.21 bits per heavy atom. The Labute approximate surface area is 113 Å². The Hall–Kier alpha value is -1.75. The molecule has 1 aromatic rings. The van der Waals surface area contributed by atoms with Gasteiger partial charge in [-0.15, -0.1) is 0 Å². The Balaban J connectivity index is 2.24. The number of ether oxygens (including phenoxy) is 1. The monoisotopic (exact) mass is 263 g/mol. The number of esters is 1. The van der Waals surface area contributed by atoms with Crippen LogP contribution >= 0.6 is 0 Å². The van der Waals surface area contributed by atoms with E-state index in [-0.39, 0.29) is 5.97 Å². The van der Waals surface area contributed by atoms with E-state index in [9.17, 15) is 4.79 Å². The van der Waals surface area contributed by atoms with Crippen molar-refractivity contribution in [2.24, 2.45) is 0 Å². The quantitative estimate of drug-likeness (QED) is 0.656. The van der Waals surface area contributed by atoms with Crippen LogP contribution in [-0.4, -0.2) is 51.2 Å². The molecular formula is C14H21N3O2. The minimum Gasteiger partial charge on any atom is -0.465 e. The summed E-state index contributed by atoms with van der Waals surface area (Å²) >= 11 is 0. The lowest BCUT2D eigenvalue weighted by atomic mass is 10.1. The van der Waals surface area contributed by atoms with Crippen molar-refractivity contribution < 1.29 is 9.53 Å². The summed E-state index contributed by atoms with van der Waals surface area (Å²) in [5.74, 6) is -0.386. The molecule has 5 heteroatoms. The highest BCUT2D eigenvalue weighted by atomic mass is 16.5. The number of likely N-dealkylation sites (N-methyl/N-ethyl adjacent to an activating group) is 1. The molecule has 5 nitrogen and oxygen atoms in total. The topological polar surface area (TPSA) is 58.8 Å². The van der Waals surface area contributed by atoms with Crippen LogP contribution in [0.4, 0.5) is 11.4 Å². The molecule has 1 heterocycles. The number of rotatable bonds is 3. The SMILES string of the molecule is COC(=O)c1cccc(N2CCC(N(C)C)C2)c1N. The van der Waals surface area contributed by atoms with Gasteiger partial charge in [0.15, 0.2) is 0 Å². The third kappa shape index (κ3) is 2.66. The molecule has 1 fully saturated rings. The van der Waals surface area contributed by atoms with Crippen molar-refractivity contribution in [3.63, 3.8) is 0 Å². The van der Waals surface area contributed by atoms with Crippen LogP contribution in [0.25, 0.3) is 0 Å². The van der Waals surface area contributed by atoms with Crippen molar-refractivity contribution >= 4 is 17.3 Å². The number of benzene rings is 1. The summed E-state index contributed by atoms with van der Waals surface area (Å²) in [6.45, 7) is 1.89. The van der Waals surface area contributed by atoms with Crippen molar-refractivity contribution in [3.8, 4) is 0 Å². The van der Waals surface area contributed by atoms with Gasteiger partial charge in [0.1, 0.15) is 0 Å². The number of hydrogen-bond donors (Lipinski definition) is 1. The molecule has 2 rings (SSSR count). The van der Waals surface area contributed by atoms with Crippen LogP contribution in [0.15, 0.2) is 18.2 Å². The first-order valence-corrected chi connectivity index (χ1v) is 6.42. The Morgan fingerprint density at radius 3 is 2.79 bits per heavy atom. The molecule has 1 atom stereocenters. The number of carbonyl (C=O) groups excluding carboxylic acids is 1. The average molecular weight is 263 g/mol. The number of anilines is 2. The van der Waals surface area contributed by atoms with Crippen LogP contribution < -0.4 is 10.6 Å². The highest BCUT2D eigenvalue weighted by Crippen LogP contribution is 2.30. The number of nitrogens with zero attached hydrogens (tertiary/aromatic N) is 2. The van der Waals surface area contributed by atoms with E-state index in [0.29, 0.717) is 17.3 Å². The van der Waals surface area contributed by atoms with E-state index in [0.717, 1.165) is 25.2 Å². The van der Waals surface area contributed by atoms with Gasteiger partial charge in [-0.1, -0.05) is 6.07 Å². The maximum Gasteiger partial charge on any atom is 0.340 e. The molecule has 1 aliphatic rings. The summed E-state index contributed by atoms with van der Waals surface area (Å²) in [5, 5.41) is 0. The summed E-state index contributed by atoms with van der Waals surface area (Å²) in [6, 6.07) is 6.03. The van der Waals surface area contributed by atoms with E-state index in [1.165, 1.54) is 7.11 Å². The first-order chi connectivity index (χ1) is 9.04. The lowest BCUT2D eigenvalue weighted by Crippen LogP contribution is -2.31.